The highest BCUT2D eigenvalue weighted by molar-refractivity contribution is 5.30. The Morgan fingerprint density at radius 3 is 2.75 bits per heavy atom. The van der Waals surface area contributed by atoms with Crippen molar-refractivity contribution >= 4 is 0 Å². The van der Waals surface area contributed by atoms with E-state index in [1.807, 2.05) is 12.1 Å². The van der Waals surface area contributed by atoms with Crippen LogP contribution in [0.15, 0.2) is 24.3 Å². The molecule has 1 aromatic carbocycles. The molecule has 0 spiro atoms. The Kier molecular flexibility index (Phi) is 3.80. The van der Waals surface area contributed by atoms with Crippen LogP contribution in [0.4, 0.5) is 0 Å². The van der Waals surface area contributed by atoms with Crippen LogP contribution in [0.25, 0.3) is 0 Å². The first kappa shape index (κ1) is 11.4. The molecule has 0 radical (unpaired) electrons. The van der Waals surface area contributed by atoms with Gasteiger partial charge < -0.3 is 15.2 Å². The number of aliphatic hydroxyl groups is 1. The first-order valence-corrected chi connectivity index (χ1v) is 5.83. The van der Waals surface area contributed by atoms with E-state index in [-0.39, 0.29) is 12.6 Å². The largest absolute Gasteiger partial charge is 0.497 e. The first-order valence-electron chi connectivity index (χ1n) is 5.83. The molecule has 1 aromatic rings. The van der Waals surface area contributed by atoms with Crippen molar-refractivity contribution in [2.24, 2.45) is 0 Å². The normalized spacial score (nSPS) is 25.4. The van der Waals surface area contributed by atoms with E-state index in [0.717, 1.165) is 18.7 Å². The quantitative estimate of drug-likeness (QED) is 0.813. The molecule has 0 saturated carbocycles. The van der Waals surface area contributed by atoms with Gasteiger partial charge in [0.15, 0.2) is 0 Å². The molecule has 0 amide bonds. The van der Waals surface area contributed by atoms with Crippen molar-refractivity contribution in [1.29, 1.82) is 0 Å². The van der Waals surface area contributed by atoms with E-state index in [2.05, 4.69) is 17.4 Å². The molecule has 1 aliphatic heterocycles. The lowest BCUT2D eigenvalue weighted by Crippen LogP contribution is -2.42. The highest BCUT2D eigenvalue weighted by atomic mass is 16.5. The molecule has 0 aromatic heterocycles. The Hall–Kier alpha value is -1.06. The van der Waals surface area contributed by atoms with Gasteiger partial charge in [0.1, 0.15) is 5.75 Å². The van der Waals surface area contributed by atoms with Gasteiger partial charge in [-0.2, -0.15) is 0 Å². The molecule has 2 atom stereocenters. The van der Waals surface area contributed by atoms with Gasteiger partial charge in [-0.25, -0.2) is 0 Å². The third-order valence-corrected chi connectivity index (χ3v) is 3.32. The van der Waals surface area contributed by atoms with Crippen LogP contribution < -0.4 is 10.1 Å². The van der Waals surface area contributed by atoms with Crippen molar-refractivity contribution in [2.75, 3.05) is 20.3 Å². The monoisotopic (exact) mass is 221 g/mol. The molecule has 3 nitrogen and oxygen atoms in total. The predicted molar refractivity (Wildman–Crippen MR) is 63.8 cm³/mol. The van der Waals surface area contributed by atoms with Gasteiger partial charge in [0.05, 0.1) is 13.7 Å². The first-order chi connectivity index (χ1) is 7.85. The van der Waals surface area contributed by atoms with Crippen LogP contribution in [0.1, 0.15) is 24.3 Å². The van der Waals surface area contributed by atoms with Crippen molar-refractivity contribution in [3.8, 4) is 5.75 Å². The number of aliphatic hydroxyl groups excluding tert-OH is 1. The Balaban J connectivity index is 2.14. The lowest BCUT2D eigenvalue weighted by atomic mass is 9.85. The molecule has 1 saturated heterocycles. The van der Waals surface area contributed by atoms with E-state index < -0.39 is 0 Å². The zero-order valence-corrected chi connectivity index (χ0v) is 9.65. The second-order valence-corrected chi connectivity index (χ2v) is 4.27. The van der Waals surface area contributed by atoms with E-state index >= 15 is 0 Å². The van der Waals surface area contributed by atoms with Crippen molar-refractivity contribution in [1.82, 2.24) is 5.32 Å². The summed E-state index contributed by atoms with van der Waals surface area (Å²) in [5.41, 5.74) is 1.28. The van der Waals surface area contributed by atoms with Crippen LogP contribution in [0.2, 0.25) is 0 Å². The van der Waals surface area contributed by atoms with Crippen LogP contribution in [-0.2, 0) is 0 Å². The second kappa shape index (κ2) is 5.32. The van der Waals surface area contributed by atoms with Crippen LogP contribution in [-0.4, -0.2) is 31.4 Å². The summed E-state index contributed by atoms with van der Waals surface area (Å²) in [6.45, 7) is 1.22. The summed E-state index contributed by atoms with van der Waals surface area (Å²) in [4.78, 5) is 0. The molecule has 1 aliphatic rings. The van der Waals surface area contributed by atoms with E-state index in [1.165, 1.54) is 12.0 Å². The number of benzene rings is 1. The fourth-order valence-corrected chi connectivity index (χ4v) is 2.39. The molecule has 1 fully saturated rings. The molecular formula is C13H19NO2. The number of hydrogen-bond donors (Lipinski definition) is 2. The number of rotatable bonds is 3. The standard InChI is InChI=1S/C13H19NO2/c1-16-11-6-4-10(5-7-11)12-3-2-8-14-13(12)9-15/h4-7,12-15H,2-3,8-9H2,1H3. The number of hydrogen-bond acceptors (Lipinski definition) is 3. The summed E-state index contributed by atoms with van der Waals surface area (Å²) in [6.07, 6.45) is 2.32. The number of ether oxygens (including phenoxy) is 1. The maximum absolute atomic E-state index is 9.34. The van der Waals surface area contributed by atoms with Crippen LogP contribution in [0.3, 0.4) is 0 Å². The van der Waals surface area contributed by atoms with E-state index in [9.17, 15) is 5.11 Å². The lowest BCUT2D eigenvalue weighted by molar-refractivity contribution is 0.202. The van der Waals surface area contributed by atoms with Crippen molar-refractivity contribution < 1.29 is 9.84 Å². The van der Waals surface area contributed by atoms with Gasteiger partial charge in [0.2, 0.25) is 0 Å². The summed E-state index contributed by atoms with van der Waals surface area (Å²) < 4.78 is 5.14. The smallest absolute Gasteiger partial charge is 0.118 e. The van der Waals surface area contributed by atoms with Crippen molar-refractivity contribution in [2.45, 2.75) is 24.8 Å². The van der Waals surface area contributed by atoms with Gasteiger partial charge in [0.25, 0.3) is 0 Å². The Labute approximate surface area is 96.4 Å². The lowest BCUT2D eigenvalue weighted by Gasteiger charge is -2.31. The van der Waals surface area contributed by atoms with Gasteiger partial charge >= 0.3 is 0 Å². The summed E-state index contributed by atoms with van der Waals surface area (Å²) in [5, 5.41) is 12.7. The molecule has 2 rings (SSSR count). The summed E-state index contributed by atoms with van der Waals surface area (Å²) in [5.74, 6) is 1.30. The van der Waals surface area contributed by atoms with Crippen LogP contribution >= 0.6 is 0 Å². The molecule has 1 heterocycles. The van der Waals surface area contributed by atoms with Crippen molar-refractivity contribution in [3.05, 3.63) is 29.8 Å². The summed E-state index contributed by atoms with van der Waals surface area (Å²) in [7, 11) is 1.67. The minimum atomic E-state index is 0.196. The topological polar surface area (TPSA) is 41.5 Å². The third kappa shape index (κ3) is 2.36. The zero-order valence-electron chi connectivity index (χ0n) is 9.65. The molecular weight excluding hydrogens is 202 g/mol. The maximum Gasteiger partial charge on any atom is 0.118 e. The van der Waals surface area contributed by atoms with E-state index in [1.54, 1.807) is 7.11 Å². The summed E-state index contributed by atoms with van der Waals surface area (Å²) in [6, 6.07) is 8.36. The zero-order chi connectivity index (χ0) is 11.4. The fourth-order valence-electron chi connectivity index (χ4n) is 2.39. The number of piperidine rings is 1. The fraction of sp³-hybridized carbons (Fsp3) is 0.538. The van der Waals surface area contributed by atoms with E-state index in [4.69, 9.17) is 4.74 Å². The highest BCUT2D eigenvalue weighted by Crippen LogP contribution is 2.28. The minimum absolute atomic E-state index is 0.196. The average molecular weight is 221 g/mol. The van der Waals surface area contributed by atoms with Gasteiger partial charge in [-0.15, -0.1) is 0 Å². The molecule has 2 N–H and O–H groups in total. The van der Waals surface area contributed by atoms with Crippen molar-refractivity contribution in [3.63, 3.8) is 0 Å². The van der Waals surface area contributed by atoms with Gasteiger partial charge in [-0.1, -0.05) is 12.1 Å². The third-order valence-electron chi connectivity index (χ3n) is 3.32. The van der Waals surface area contributed by atoms with Crippen LogP contribution in [0.5, 0.6) is 5.75 Å². The van der Waals surface area contributed by atoms with Gasteiger partial charge in [-0.05, 0) is 37.1 Å². The maximum atomic E-state index is 9.34. The number of methoxy groups -OCH3 is 1. The Bertz CT molecular complexity index is 323. The SMILES string of the molecule is COc1ccc(C2CCCNC2CO)cc1. The molecule has 3 heteroatoms. The Morgan fingerprint density at radius 1 is 1.38 bits per heavy atom. The minimum Gasteiger partial charge on any atom is -0.497 e. The molecule has 0 aliphatic carbocycles. The molecule has 88 valence electrons. The number of nitrogens with one attached hydrogen (secondary N) is 1. The molecule has 2 unspecified atom stereocenters. The predicted octanol–water partition coefficient (Wildman–Crippen LogP) is 1.52. The van der Waals surface area contributed by atoms with Gasteiger partial charge in [-0.3, -0.25) is 0 Å². The Morgan fingerprint density at radius 2 is 2.12 bits per heavy atom. The molecule has 16 heavy (non-hydrogen) atoms. The average Bonchev–Trinajstić information content (AvgIpc) is 2.39. The van der Waals surface area contributed by atoms with E-state index in [0.29, 0.717) is 5.92 Å². The van der Waals surface area contributed by atoms with Crippen LogP contribution in [0, 0.1) is 0 Å². The highest BCUT2D eigenvalue weighted by Gasteiger charge is 2.25. The van der Waals surface area contributed by atoms with Gasteiger partial charge in [0, 0.05) is 12.0 Å². The summed E-state index contributed by atoms with van der Waals surface area (Å²) >= 11 is 0. The second-order valence-electron chi connectivity index (χ2n) is 4.27. The molecule has 0 bridgehead atoms.